The lowest BCUT2D eigenvalue weighted by Crippen LogP contribution is -2.18. The number of nitrogens with two attached hydrogens (primary N) is 1. The number of aromatic carboxylic acids is 1. The number of alkyl halides is 5. The fourth-order valence-electron chi connectivity index (χ4n) is 1.33. The van der Waals surface area contributed by atoms with Crippen LogP contribution < -0.4 is 5.73 Å². The molecule has 1 rings (SSSR count). The first kappa shape index (κ1) is 14.3. The quantitative estimate of drug-likeness (QED) is 0.825. The van der Waals surface area contributed by atoms with E-state index in [1.807, 2.05) is 0 Å². The molecule has 1 aromatic heterocycles. The summed E-state index contributed by atoms with van der Waals surface area (Å²) in [6.45, 7) is -0.493. The number of pyridine rings is 1. The van der Waals surface area contributed by atoms with Gasteiger partial charge in [0.2, 0.25) is 0 Å². The van der Waals surface area contributed by atoms with Crippen molar-refractivity contribution in [3.63, 3.8) is 0 Å². The highest BCUT2D eigenvalue weighted by molar-refractivity contribution is 5.87. The first-order valence-corrected chi connectivity index (χ1v) is 4.51. The maximum absolute atomic E-state index is 12.6. The summed E-state index contributed by atoms with van der Waals surface area (Å²) in [5.41, 5.74) is -0.0902. The third kappa shape index (κ3) is 2.73. The zero-order chi connectivity index (χ0) is 14.1. The van der Waals surface area contributed by atoms with Crippen molar-refractivity contribution < 1.29 is 31.9 Å². The number of carboxylic acids is 1. The molecule has 0 amide bonds. The van der Waals surface area contributed by atoms with Crippen LogP contribution in [0.5, 0.6) is 0 Å². The maximum Gasteiger partial charge on any atom is 0.417 e. The molecule has 0 saturated heterocycles. The van der Waals surface area contributed by atoms with Crippen molar-refractivity contribution >= 4 is 5.97 Å². The van der Waals surface area contributed by atoms with Gasteiger partial charge in [-0.2, -0.15) is 13.2 Å². The van der Waals surface area contributed by atoms with E-state index in [9.17, 15) is 26.7 Å². The number of aromatic nitrogens is 1. The van der Waals surface area contributed by atoms with Gasteiger partial charge in [-0.3, -0.25) is 0 Å². The predicted octanol–water partition coefficient (Wildman–Crippen LogP) is 2.19. The van der Waals surface area contributed by atoms with Gasteiger partial charge >= 0.3 is 12.1 Å². The summed E-state index contributed by atoms with van der Waals surface area (Å²) in [7, 11) is 0. The van der Waals surface area contributed by atoms with Gasteiger partial charge in [-0.1, -0.05) is 0 Å². The van der Waals surface area contributed by atoms with E-state index in [-0.39, 0.29) is 0 Å². The zero-order valence-corrected chi connectivity index (χ0v) is 8.63. The first-order valence-electron chi connectivity index (χ1n) is 4.51. The van der Waals surface area contributed by atoms with Crippen molar-refractivity contribution in [3.8, 4) is 0 Å². The average molecular weight is 270 g/mol. The van der Waals surface area contributed by atoms with Crippen molar-refractivity contribution in [3.05, 3.63) is 28.6 Å². The van der Waals surface area contributed by atoms with Crippen LogP contribution in [0, 0.1) is 0 Å². The Hall–Kier alpha value is -1.77. The van der Waals surface area contributed by atoms with Crippen LogP contribution in [0.4, 0.5) is 22.0 Å². The zero-order valence-electron chi connectivity index (χ0n) is 8.63. The molecule has 0 unspecified atom stereocenters. The molecule has 0 aliphatic rings. The third-order valence-corrected chi connectivity index (χ3v) is 2.05. The van der Waals surface area contributed by atoms with Crippen LogP contribution >= 0.6 is 0 Å². The molecule has 1 heterocycles. The minimum Gasteiger partial charge on any atom is -0.476 e. The Morgan fingerprint density at radius 2 is 2.00 bits per heavy atom. The second-order valence-electron chi connectivity index (χ2n) is 3.23. The lowest BCUT2D eigenvalue weighted by Gasteiger charge is -2.15. The van der Waals surface area contributed by atoms with Crippen LogP contribution in [-0.4, -0.2) is 16.1 Å². The van der Waals surface area contributed by atoms with Crippen LogP contribution in [0.3, 0.4) is 0 Å². The standard InChI is InChI=1S/C9H7F5N2O2/c10-7(11)5-4(9(12,13)14)1-3(2-15)16-6(5)8(17)18/h1,7H,2,15H2,(H,17,18). The Kier molecular flexibility index (Phi) is 3.85. The average Bonchev–Trinajstić information content (AvgIpc) is 2.25. The summed E-state index contributed by atoms with van der Waals surface area (Å²) < 4.78 is 62.9. The van der Waals surface area contributed by atoms with Gasteiger partial charge in [0.25, 0.3) is 6.43 Å². The van der Waals surface area contributed by atoms with Crippen LogP contribution in [0.2, 0.25) is 0 Å². The summed E-state index contributed by atoms with van der Waals surface area (Å²) in [4.78, 5) is 13.9. The first-order chi connectivity index (χ1) is 8.18. The smallest absolute Gasteiger partial charge is 0.417 e. The summed E-state index contributed by atoms with van der Waals surface area (Å²) >= 11 is 0. The number of carbonyl (C=O) groups is 1. The largest absolute Gasteiger partial charge is 0.476 e. The van der Waals surface area contributed by atoms with E-state index >= 15 is 0 Å². The fourth-order valence-corrected chi connectivity index (χ4v) is 1.33. The molecule has 3 N–H and O–H groups in total. The third-order valence-electron chi connectivity index (χ3n) is 2.05. The van der Waals surface area contributed by atoms with Crippen molar-refractivity contribution in [2.45, 2.75) is 19.1 Å². The van der Waals surface area contributed by atoms with E-state index in [1.54, 1.807) is 0 Å². The number of halogens is 5. The van der Waals surface area contributed by atoms with E-state index in [4.69, 9.17) is 10.8 Å². The van der Waals surface area contributed by atoms with Crippen LogP contribution in [0.15, 0.2) is 6.07 Å². The van der Waals surface area contributed by atoms with Gasteiger partial charge in [0.1, 0.15) is 0 Å². The number of carboxylic acid groups (broad SMARTS) is 1. The van der Waals surface area contributed by atoms with E-state index in [0.29, 0.717) is 6.07 Å². The van der Waals surface area contributed by atoms with E-state index in [1.165, 1.54) is 0 Å². The SMILES string of the molecule is NCc1cc(C(F)(F)F)c(C(F)F)c(C(=O)O)n1. The predicted molar refractivity (Wildman–Crippen MR) is 49.0 cm³/mol. The van der Waals surface area contributed by atoms with E-state index in [2.05, 4.69) is 4.98 Å². The molecule has 0 spiro atoms. The minimum atomic E-state index is -5.11. The van der Waals surface area contributed by atoms with Crippen molar-refractivity contribution in [1.29, 1.82) is 0 Å². The number of hydrogen-bond donors (Lipinski definition) is 2. The monoisotopic (exact) mass is 270 g/mol. The highest BCUT2D eigenvalue weighted by atomic mass is 19.4. The van der Waals surface area contributed by atoms with Crippen LogP contribution in [0.25, 0.3) is 0 Å². The molecule has 0 bridgehead atoms. The second kappa shape index (κ2) is 4.84. The van der Waals surface area contributed by atoms with E-state index < -0.39 is 47.6 Å². The molecule has 1 aromatic rings. The maximum atomic E-state index is 12.6. The summed E-state index contributed by atoms with van der Waals surface area (Å²) in [6.07, 6.45) is -8.71. The molecule has 0 aliphatic carbocycles. The van der Waals surface area contributed by atoms with Gasteiger partial charge in [0, 0.05) is 6.54 Å². The Morgan fingerprint density at radius 1 is 1.44 bits per heavy atom. The van der Waals surface area contributed by atoms with Gasteiger partial charge in [-0.05, 0) is 6.07 Å². The number of rotatable bonds is 3. The molecule has 9 heteroatoms. The summed E-state index contributed by atoms with van der Waals surface area (Å²) in [6, 6.07) is 0.327. The lowest BCUT2D eigenvalue weighted by molar-refractivity contribution is -0.139. The second-order valence-corrected chi connectivity index (χ2v) is 3.23. The molecule has 0 aromatic carbocycles. The summed E-state index contributed by atoms with van der Waals surface area (Å²) in [5.74, 6) is -1.97. The van der Waals surface area contributed by atoms with Gasteiger partial charge in [0.15, 0.2) is 5.69 Å². The van der Waals surface area contributed by atoms with Crippen LogP contribution in [-0.2, 0) is 12.7 Å². The van der Waals surface area contributed by atoms with Gasteiger partial charge in [-0.15, -0.1) is 0 Å². The topological polar surface area (TPSA) is 76.2 Å². The highest BCUT2D eigenvalue weighted by Gasteiger charge is 2.39. The van der Waals surface area contributed by atoms with Gasteiger partial charge in [0.05, 0.1) is 16.8 Å². The molecule has 0 fully saturated rings. The normalized spacial score (nSPS) is 11.9. The highest BCUT2D eigenvalue weighted by Crippen LogP contribution is 2.38. The lowest BCUT2D eigenvalue weighted by atomic mass is 10.0. The summed E-state index contributed by atoms with van der Waals surface area (Å²) in [5, 5.41) is 8.62. The van der Waals surface area contributed by atoms with Crippen LogP contribution in [0.1, 0.15) is 33.7 Å². The van der Waals surface area contributed by atoms with E-state index in [0.717, 1.165) is 0 Å². The van der Waals surface area contributed by atoms with Gasteiger partial charge < -0.3 is 10.8 Å². The molecule has 18 heavy (non-hydrogen) atoms. The van der Waals surface area contributed by atoms with Crippen molar-refractivity contribution in [2.75, 3.05) is 0 Å². The molecular formula is C9H7F5N2O2. The Morgan fingerprint density at radius 3 is 2.33 bits per heavy atom. The Balaban J connectivity index is 3.66. The minimum absolute atomic E-state index is 0.327. The van der Waals surface area contributed by atoms with Gasteiger partial charge in [-0.25, -0.2) is 18.6 Å². The molecular weight excluding hydrogens is 263 g/mol. The number of nitrogens with zero attached hydrogens (tertiary/aromatic N) is 1. The van der Waals surface area contributed by atoms with Crippen molar-refractivity contribution in [1.82, 2.24) is 4.98 Å². The fraction of sp³-hybridized carbons (Fsp3) is 0.333. The molecule has 0 saturated carbocycles. The number of hydrogen-bond acceptors (Lipinski definition) is 3. The molecule has 0 aliphatic heterocycles. The molecule has 0 atom stereocenters. The Labute approximate surface area is 97.2 Å². The van der Waals surface area contributed by atoms with Crippen molar-refractivity contribution in [2.24, 2.45) is 5.73 Å². The Bertz CT molecular complexity index is 473. The molecule has 4 nitrogen and oxygen atoms in total. The molecule has 0 radical (unpaired) electrons. The molecule has 100 valence electrons.